The highest BCUT2D eigenvalue weighted by Gasteiger charge is 2.35. The minimum Gasteiger partial charge on any atom is -0.497 e. The molecule has 0 radical (unpaired) electrons. The van der Waals surface area contributed by atoms with Crippen molar-refractivity contribution in [2.75, 3.05) is 13.7 Å². The Kier molecular flexibility index (Phi) is 4.66. The third-order valence-electron chi connectivity index (χ3n) is 4.50. The second kappa shape index (κ2) is 6.86. The van der Waals surface area contributed by atoms with Gasteiger partial charge < -0.3 is 14.4 Å². The third-order valence-corrected chi connectivity index (χ3v) is 4.50. The van der Waals surface area contributed by atoms with Crippen LogP contribution in [0.15, 0.2) is 41.9 Å². The van der Waals surface area contributed by atoms with Gasteiger partial charge in [0, 0.05) is 6.04 Å². The van der Waals surface area contributed by atoms with Crippen LogP contribution < -0.4 is 4.74 Å². The van der Waals surface area contributed by atoms with Gasteiger partial charge in [-0.15, -0.1) is 6.58 Å². The van der Waals surface area contributed by atoms with Crippen molar-refractivity contribution >= 4 is 11.7 Å². The molecule has 2 aliphatic rings. The van der Waals surface area contributed by atoms with Crippen molar-refractivity contribution in [2.24, 2.45) is 4.99 Å². The molecule has 0 bridgehead atoms. The molecule has 0 spiro atoms. The summed E-state index contributed by atoms with van der Waals surface area (Å²) >= 11 is 0. The van der Waals surface area contributed by atoms with Gasteiger partial charge in [0.15, 0.2) is 0 Å². The van der Waals surface area contributed by atoms with E-state index in [2.05, 4.69) is 11.5 Å². The molecule has 0 amide bonds. The molecule has 2 fully saturated rings. The lowest BCUT2D eigenvalue weighted by Gasteiger charge is -2.33. The first-order valence-corrected chi connectivity index (χ1v) is 8.08. The highest BCUT2D eigenvalue weighted by Crippen LogP contribution is 2.29. The van der Waals surface area contributed by atoms with Gasteiger partial charge in [0.25, 0.3) is 6.02 Å². The van der Waals surface area contributed by atoms with E-state index in [1.54, 1.807) is 7.11 Å². The number of hydrogen-bond acceptors (Lipinski definition) is 3. The maximum atomic E-state index is 5.86. The quantitative estimate of drug-likeness (QED) is 0.791. The lowest BCUT2D eigenvalue weighted by molar-refractivity contribution is 0.233. The summed E-state index contributed by atoms with van der Waals surface area (Å²) in [6, 6.07) is 9.25. The van der Waals surface area contributed by atoms with Gasteiger partial charge in [-0.1, -0.05) is 25.3 Å². The van der Waals surface area contributed by atoms with E-state index in [1.807, 2.05) is 30.3 Å². The van der Waals surface area contributed by atoms with E-state index in [0.29, 0.717) is 12.6 Å². The second-order valence-corrected chi connectivity index (χ2v) is 5.91. The molecule has 1 aliphatic carbocycles. The minimum atomic E-state index is 0.236. The molecule has 1 heterocycles. The summed E-state index contributed by atoms with van der Waals surface area (Å²) in [5.41, 5.74) is 0.890. The van der Waals surface area contributed by atoms with Crippen molar-refractivity contribution in [3.8, 4) is 5.75 Å². The molecule has 1 saturated carbocycles. The van der Waals surface area contributed by atoms with E-state index in [9.17, 15) is 0 Å². The highest BCUT2D eigenvalue weighted by molar-refractivity contribution is 5.80. The van der Waals surface area contributed by atoms with Crippen molar-refractivity contribution in [1.29, 1.82) is 0 Å². The van der Waals surface area contributed by atoms with E-state index in [4.69, 9.17) is 14.5 Å². The summed E-state index contributed by atoms with van der Waals surface area (Å²) in [6.07, 6.45) is 8.34. The number of nitrogens with zero attached hydrogens (tertiary/aromatic N) is 2. The van der Waals surface area contributed by atoms with Crippen LogP contribution in [-0.2, 0) is 4.74 Å². The molecule has 1 aliphatic heterocycles. The summed E-state index contributed by atoms with van der Waals surface area (Å²) in [4.78, 5) is 7.04. The zero-order valence-electron chi connectivity index (χ0n) is 13.2. The van der Waals surface area contributed by atoms with Crippen molar-refractivity contribution in [3.05, 3.63) is 36.9 Å². The summed E-state index contributed by atoms with van der Waals surface area (Å²) in [5, 5.41) is 0. The zero-order chi connectivity index (χ0) is 15.4. The standard InChI is InChI=1S/C18H24N2O2/c1-3-15-13-22-18(20(15)16-7-5-4-6-8-16)19-14-9-11-17(21-2)12-10-14/h3,9-12,15-16H,1,4-8,13H2,2H3. The van der Waals surface area contributed by atoms with E-state index >= 15 is 0 Å². The summed E-state index contributed by atoms with van der Waals surface area (Å²) in [7, 11) is 1.67. The van der Waals surface area contributed by atoms with Gasteiger partial charge >= 0.3 is 0 Å². The SMILES string of the molecule is C=CC1COC(=Nc2ccc(OC)cc2)N1C1CCCCC1. The van der Waals surface area contributed by atoms with Crippen LogP contribution in [0, 0.1) is 0 Å². The number of aliphatic imine (C=N–C) groups is 1. The van der Waals surface area contributed by atoms with E-state index in [-0.39, 0.29) is 6.04 Å². The Morgan fingerprint density at radius 2 is 1.95 bits per heavy atom. The van der Waals surface area contributed by atoms with Crippen molar-refractivity contribution in [3.63, 3.8) is 0 Å². The van der Waals surface area contributed by atoms with Crippen molar-refractivity contribution in [2.45, 2.75) is 44.2 Å². The molecule has 22 heavy (non-hydrogen) atoms. The molecular formula is C18H24N2O2. The maximum absolute atomic E-state index is 5.86. The zero-order valence-corrected chi connectivity index (χ0v) is 13.2. The Morgan fingerprint density at radius 3 is 2.59 bits per heavy atom. The average Bonchev–Trinajstić information content (AvgIpc) is 2.99. The number of ether oxygens (including phenoxy) is 2. The Morgan fingerprint density at radius 1 is 1.23 bits per heavy atom. The summed E-state index contributed by atoms with van der Waals surface area (Å²) < 4.78 is 11.0. The van der Waals surface area contributed by atoms with Gasteiger partial charge in [-0.3, -0.25) is 0 Å². The molecule has 1 atom stereocenters. The maximum Gasteiger partial charge on any atom is 0.293 e. The largest absolute Gasteiger partial charge is 0.497 e. The molecule has 1 aromatic carbocycles. The summed E-state index contributed by atoms with van der Waals surface area (Å²) in [5.74, 6) is 0.837. The molecule has 0 N–H and O–H groups in total. The number of rotatable bonds is 4. The van der Waals surface area contributed by atoms with Gasteiger partial charge in [0.05, 0.1) is 18.8 Å². The van der Waals surface area contributed by atoms with Crippen LogP contribution in [0.4, 0.5) is 5.69 Å². The monoisotopic (exact) mass is 300 g/mol. The van der Waals surface area contributed by atoms with Gasteiger partial charge in [-0.2, -0.15) is 4.99 Å². The van der Waals surface area contributed by atoms with Gasteiger partial charge in [0.1, 0.15) is 12.4 Å². The van der Waals surface area contributed by atoms with Crippen molar-refractivity contribution < 1.29 is 9.47 Å². The van der Waals surface area contributed by atoms with Gasteiger partial charge in [0.2, 0.25) is 0 Å². The first kappa shape index (κ1) is 14.9. The lowest BCUT2D eigenvalue weighted by Crippen LogP contribution is -2.42. The molecule has 118 valence electrons. The highest BCUT2D eigenvalue weighted by atomic mass is 16.5. The van der Waals surface area contributed by atoms with E-state index in [1.165, 1.54) is 32.1 Å². The third kappa shape index (κ3) is 3.11. The Hall–Kier alpha value is -1.97. The predicted molar refractivity (Wildman–Crippen MR) is 88.7 cm³/mol. The summed E-state index contributed by atoms with van der Waals surface area (Å²) in [6.45, 7) is 4.61. The number of hydrogen-bond donors (Lipinski definition) is 0. The molecule has 4 nitrogen and oxygen atoms in total. The number of amidine groups is 1. The Balaban J connectivity index is 1.82. The van der Waals surface area contributed by atoms with Crippen LogP contribution in [0.5, 0.6) is 5.75 Å². The van der Waals surface area contributed by atoms with Crippen molar-refractivity contribution in [1.82, 2.24) is 4.90 Å². The predicted octanol–water partition coefficient (Wildman–Crippen LogP) is 3.90. The van der Waals surface area contributed by atoms with Crippen LogP contribution in [-0.4, -0.2) is 36.7 Å². The lowest BCUT2D eigenvalue weighted by atomic mass is 9.93. The Bertz CT molecular complexity index is 533. The first-order valence-electron chi connectivity index (χ1n) is 8.08. The molecule has 4 heteroatoms. The van der Waals surface area contributed by atoms with Crippen LogP contribution in [0.25, 0.3) is 0 Å². The molecule has 0 aromatic heterocycles. The molecule has 1 saturated heterocycles. The topological polar surface area (TPSA) is 34.1 Å². The van der Waals surface area contributed by atoms with Crippen LogP contribution in [0.1, 0.15) is 32.1 Å². The normalized spacial score (nSPS) is 24.3. The fraction of sp³-hybridized carbons (Fsp3) is 0.500. The molecular weight excluding hydrogens is 276 g/mol. The van der Waals surface area contributed by atoms with Gasteiger partial charge in [-0.05, 0) is 37.1 Å². The fourth-order valence-corrected chi connectivity index (χ4v) is 3.28. The average molecular weight is 300 g/mol. The second-order valence-electron chi connectivity index (χ2n) is 5.91. The molecule has 1 aromatic rings. The molecule has 1 unspecified atom stereocenters. The number of benzene rings is 1. The van der Waals surface area contributed by atoms with Crippen LogP contribution in [0.3, 0.4) is 0 Å². The molecule has 3 rings (SSSR count). The Labute approximate surface area is 132 Å². The van der Waals surface area contributed by atoms with Crippen LogP contribution in [0.2, 0.25) is 0 Å². The van der Waals surface area contributed by atoms with E-state index < -0.39 is 0 Å². The van der Waals surface area contributed by atoms with Gasteiger partial charge in [-0.25, -0.2) is 0 Å². The number of methoxy groups -OCH3 is 1. The fourth-order valence-electron chi connectivity index (χ4n) is 3.28. The van der Waals surface area contributed by atoms with Crippen LogP contribution >= 0.6 is 0 Å². The smallest absolute Gasteiger partial charge is 0.293 e. The first-order chi connectivity index (χ1) is 10.8. The minimum absolute atomic E-state index is 0.236. The van der Waals surface area contributed by atoms with E-state index in [0.717, 1.165) is 17.5 Å².